The maximum atomic E-state index is 13.5. The molecule has 1 aliphatic rings. The van der Waals surface area contributed by atoms with Crippen molar-refractivity contribution < 1.29 is 9.50 Å². The number of aryl methyl sites for hydroxylation is 1. The summed E-state index contributed by atoms with van der Waals surface area (Å²) in [7, 11) is 0. The smallest absolute Gasteiger partial charge is 0.121 e. The van der Waals surface area contributed by atoms with E-state index in [0.717, 1.165) is 41.8 Å². The van der Waals surface area contributed by atoms with E-state index in [1.807, 2.05) is 13.8 Å². The van der Waals surface area contributed by atoms with Crippen molar-refractivity contribution in [2.24, 2.45) is 0 Å². The molecule has 1 aliphatic heterocycles. The van der Waals surface area contributed by atoms with E-state index in [-0.39, 0.29) is 36.6 Å². The van der Waals surface area contributed by atoms with E-state index in [2.05, 4.69) is 26.1 Å². The molecule has 0 spiro atoms. The molecule has 122 valence electrons. The zero-order chi connectivity index (χ0) is 14.0. The Morgan fingerprint density at radius 3 is 2.43 bits per heavy atom. The van der Waals surface area contributed by atoms with Crippen molar-refractivity contribution in [1.82, 2.24) is 10.2 Å². The second-order valence-corrected chi connectivity index (χ2v) is 5.81. The number of hydrogen-bond donors (Lipinski definition) is 2. The molecule has 0 amide bonds. The first-order valence-corrected chi connectivity index (χ1v) is 7.34. The predicted octanol–water partition coefficient (Wildman–Crippen LogP) is 3.53. The second kappa shape index (κ2) is 9.16. The largest absolute Gasteiger partial charge is 0.508 e. The number of alkyl halides is 1. The van der Waals surface area contributed by atoms with Gasteiger partial charge in [-0.2, -0.15) is 0 Å². The quantitative estimate of drug-likeness (QED) is 0.810. The predicted molar refractivity (Wildman–Crippen MR) is 92.9 cm³/mol. The van der Waals surface area contributed by atoms with E-state index in [1.165, 1.54) is 0 Å². The third-order valence-electron chi connectivity index (χ3n) is 3.78. The summed E-state index contributed by atoms with van der Waals surface area (Å²) in [5.74, 6) is 0.194. The number of phenols is 1. The summed E-state index contributed by atoms with van der Waals surface area (Å²) < 4.78 is 14.5. The number of nitrogens with one attached hydrogen (secondary N) is 1. The van der Waals surface area contributed by atoms with Crippen LogP contribution in [0.2, 0.25) is 0 Å². The molecule has 2 rings (SSSR count). The first-order chi connectivity index (χ1) is 9.06. The van der Waals surface area contributed by atoms with Crippen LogP contribution >= 0.6 is 40.7 Å². The lowest BCUT2D eigenvalue weighted by Gasteiger charge is -2.35. The highest BCUT2D eigenvalue weighted by Gasteiger charge is 2.27. The van der Waals surface area contributed by atoms with Gasteiger partial charge in [0.1, 0.15) is 12.4 Å². The number of piperazine rings is 1. The van der Waals surface area contributed by atoms with E-state index in [1.54, 1.807) is 6.07 Å². The van der Waals surface area contributed by atoms with Gasteiger partial charge in [0.25, 0.3) is 0 Å². The molecule has 1 atom stereocenters. The maximum Gasteiger partial charge on any atom is 0.121 e. The summed E-state index contributed by atoms with van der Waals surface area (Å²) in [6, 6.07) is 1.34. The minimum atomic E-state index is -0.482. The summed E-state index contributed by atoms with van der Waals surface area (Å²) in [6.45, 7) is 6.71. The molecular weight excluding hydrogens is 382 g/mol. The molecule has 3 nitrogen and oxygen atoms in total. The fourth-order valence-corrected chi connectivity index (χ4v) is 3.05. The van der Waals surface area contributed by atoms with Crippen LogP contribution in [0.5, 0.6) is 5.75 Å². The molecular formula is C14H22BrCl2FN2O. The van der Waals surface area contributed by atoms with Crippen molar-refractivity contribution in [1.29, 1.82) is 0 Å². The van der Waals surface area contributed by atoms with Crippen LogP contribution in [0.25, 0.3) is 0 Å². The summed E-state index contributed by atoms with van der Waals surface area (Å²) >= 11 is 3.52. The van der Waals surface area contributed by atoms with Crippen molar-refractivity contribution in [3.63, 3.8) is 0 Å². The number of aromatic hydroxyl groups is 1. The van der Waals surface area contributed by atoms with Crippen molar-refractivity contribution in [3.05, 3.63) is 27.2 Å². The molecule has 7 heteroatoms. The van der Waals surface area contributed by atoms with Gasteiger partial charge >= 0.3 is 0 Å². The molecule has 21 heavy (non-hydrogen) atoms. The highest BCUT2D eigenvalue weighted by molar-refractivity contribution is 9.10. The van der Waals surface area contributed by atoms with Crippen molar-refractivity contribution >= 4 is 40.7 Å². The number of hydrogen-bond acceptors (Lipinski definition) is 3. The fraction of sp³-hybridized carbons (Fsp3) is 0.571. The molecule has 1 aromatic carbocycles. The third kappa shape index (κ3) is 4.45. The SMILES string of the molecule is Cc1cc(O)c([C@H](CF)N2CCNCC2)c(C)c1Br.Cl.Cl. The topological polar surface area (TPSA) is 35.5 Å². The van der Waals surface area contributed by atoms with Crippen molar-refractivity contribution in [2.45, 2.75) is 19.9 Å². The Morgan fingerprint density at radius 2 is 1.90 bits per heavy atom. The second-order valence-electron chi connectivity index (χ2n) is 5.02. The molecule has 0 radical (unpaired) electrons. The first-order valence-electron chi connectivity index (χ1n) is 6.55. The lowest BCUT2D eigenvalue weighted by Crippen LogP contribution is -2.45. The van der Waals surface area contributed by atoms with Gasteiger partial charge in [-0.3, -0.25) is 4.90 Å². The van der Waals surface area contributed by atoms with Crippen LogP contribution in [0, 0.1) is 13.8 Å². The minimum absolute atomic E-state index is 0. The Hall–Kier alpha value is -0.0700. The van der Waals surface area contributed by atoms with Gasteiger partial charge < -0.3 is 10.4 Å². The average molecular weight is 404 g/mol. The van der Waals surface area contributed by atoms with Gasteiger partial charge in [0.2, 0.25) is 0 Å². The number of rotatable bonds is 3. The molecule has 0 aromatic heterocycles. The van der Waals surface area contributed by atoms with Crippen LogP contribution in [0.15, 0.2) is 10.5 Å². The molecule has 1 aromatic rings. The number of phenolic OH excluding ortho intramolecular Hbond substituents is 1. The summed E-state index contributed by atoms with van der Waals surface area (Å²) in [4.78, 5) is 2.10. The number of benzene rings is 1. The van der Waals surface area contributed by atoms with Crippen molar-refractivity contribution in [3.8, 4) is 5.75 Å². The zero-order valence-corrected chi connectivity index (χ0v) is 15.4. The Bertz CT molecular complexity index is 471. The van der Waals surface area contributed by atoms with Crippen molar-refractivity contribution in [2.75, 3.05) is 32.9 Å². The van der Waals surface area contributed by atoms with Crippen LogP contribution in [0.4, 0.5) is 4.39 Å². The summed E-state index contributed by atoms with van der Waals surface area (Å²) in [6.07, 6.45) is 0. The van der Waals surface area contributed by atoms with Gasteiger partial charge in [0.15, 0.2) is 0 Å². The van der Waals surface area contributed by atoms with E-state index < -0.39 is 6.67 Å². The minimum Gasteiger partial charge on any atom is -0.508 e. The lowest BCUT2D eigenvalue weighted by molar-refractivity contribution is 0.144. The molecule has 1 heterocycles. The van der Waals surface area contributed by atoms with Gasteiger partial charge in [0, 0.05) is 36.2 Å². The monoisotopic (exact) mass is 402 g/mol. The van der Waals surface area contributed by atoms with Gasteiger partial charge in [0.05, 0.1) is 6.04 Å². The average Bonchev–Trinajstić information content (AvgIpc) is 2.42. The Kier molecular flexibility index (Phi) is 9.12. The molecule has 2 N–H and O–H groups in total. The maximum absolute atomic E-state index is 13.5. The van der Waals surface area contributed by atoms with E-state index >= 15 is 0 Å². The normalized spacial score (nSPS) is 16.8. The molecule has 1 fully saturated rings. The van der Waals surface area contributed by atoms with Gasteiger partial charge in [-0.15, -0.1) is 24.8 Å². The molecule has 0 unspecified atom stereocenters. The Morgan fingerprint density at radius 1 is 1.33 bits per heavy atom. The van der Waals surface area contributed by atoms with Crippen LogP contribution in [0.3, 0.4) is 0 Å². The van der Waals surface area contributed by atoms with Crippen LogP contribution in [-0.4, -0.2) is 42.9 Å². The van der Waals surface area contributed by atoms with Crippen LogP contribution < -0.4 is 5.32 Å². The van der Waals surface area contributed by atoms with Gasteiger partial charge in [-0.1, -0.05) is 15.9 Å². The number of nitrogens with zero attached hydrogens (tertiary/aromatic N) is 1. The molecule has 0 bridgehead atoms. The Labute approximate surface area is 146 Å². The number of halogens is 4. The lowest BCUT2D eigenvalue weighted by atomic mass is 9.97. The molecule has 0 aliphatic carbocycles. The summed E-state index contributed by atoms with van der Waals surface area (Å²) in [5.41, 5.74) is 2.61. The summed E-state index contributed by atoms with van der Waals surface area (Å²) in [5, 5.41) is 13.5. The van der Waals surface area contributed by atoms with Gasteiger partial charge in [-0.05, 0) is 31.0 Å². The van der Waals surface area contributed by atoms with E-state index in [0.29, 0.717) is 5.56 Å². The highest BCUT2D eigenvalue weighted by Crippen LogP contribution is 2.37. The standard InChI is InChI=1S/C14H20BrFN2O.2ClH/c1-9-7-12(19)13(10(2)14(9)15)11(8-16)18-5-3-17-4-6-18;;/h7,11,17,19H,3-6,8H2,1-2H3;2*1H/t11-;;/m0../s1. The third-order valence-corrected chi connectivity index (χ3v) is 5.00. The first kappa shape index (κ1) is 20.9. The van der Waals surface area contributed by atoms with E-state index in [9.17, 15) is 9.50 Å². The van der Waals surface area contributed by atoms with Gasteiger partial charge in [-0.25, -0.2) is 4.39 Å². The van der Waals surface area contributed by atoms with Crippen LogP contribution in [0.1, 0.15) is 22.7 Å². The van der Waals surface area contributed by atoms with E-state index in [4.69, 9.17) is 0 Å². The fourth-order valence-electron chi connectivity index (χ4n) is 2.72. The Balaban J connectivity index is 0.00000200. The zero-order valence-electron chi connectivity index (χ0n) is 12.2. The molecule has 1 saturated heterocycles. The highest BCUT2D eigenvalue weighted by atomic mass is 79.9. The van der Waals surface area contributed by atoms with Crippen LogP contribution in [-0.2, 0) is 0 Å². The molecule has 0 saturated carbocycles.